The quantitative estimate of drug-likeness (QED) is 0.600. The first kappa shape index (κ1) is 11.0. The third-order valence-corrected chi connectivity index (χ3v) is 2.89. The molecule has 0 spiro atoms. The molecule has 0 fully saturated rings. The van der Waals surface area contributed by atoms with E-state index in [4.69, 9.17) is 11.6 Å². The largest absolute Gasteiger partial charge is 0.294 e. The second-order valence-corrected chi connectivity index (χ2v) is 4.74. The molecular weight excluding hydrogens is 298 g/mol. The summed E-state index contributed by atoms with van der Waals surface area (Å²) >= 11 is 7.96. The molecule has 3 heteroatoms. The average Bonchev–Trinajstić information content (AvgIpc) is 2.08. The monoisotopic (exact) mass is 308 g/mol. The molecule has 0 aromatic heterocycles. The normalized spacial score (nSPS) is 10.5. The van der Waals surface area contributed by atoms with E-state index >= 15 is 0 Å². The lowest BCUT2D eigenvalue weighted by Gasteiger charge is -2.06. The highest BCUT2D eigenvalue weighted by Gasteiger charge is 2.13. The third kappa shape index (κ3) is 2.68. The minimum absolute atomic E-state index is 0.0204. The number of ketones is 1. The minimum Gasteiger partial charge on any atom is -0.294 e. The van der Waals surface area contributed by atoms with Crippen LogP contribution in [-0.4, -0.2) is 5.78 Å². The number of Topliss-reactive ketones (excluding diaryl/α,β-unsaturated/α-hetero) is 1. The van der Waals surface area contributed by atoms with Crippen molar-refractivity contribution in [2.24, 2.45) is 5.92 Å². The number of hydrogen-bond donors (Lipinski definition) is 0. The van der Waals surface area contributed by atoms with E-state index in [9.17, 15) is 4.79 Å². The average molecular weight is 309 g/mol. The van der Waals surface area contributed by atoms with Crippen LogP contribution in [0.1, 0.15) is 24.2 Å². The van der Waals surface area contributed by atoms with E-state index in [1.54, 1.807) is 12.1 Å². The zero-order valence-corrected chi connectivity index (χ0v) is 10.4. The van der Waals surface area contributed by atoms with E-state index in [2.05, 4.69) is 22.6 Å². The van der Waals surface area contributed by atoms with Crippen molar-refractivity contribution < 1.29 is 4.79 Å². The fraction of sp³-hybridized carbons (Fsp3) is 0.300. The topological polar surface area (TPSA) is 17.1 Å². The Bertz CT molecular complexity index is 334. The van der Waals surface area contributed by atoms with Gasteiger partial charge in [-0.15, -0.1) is 0 Å². The lowest BCUT2D eigenvalue weighted by molar-refractivity contribution is 0.0938. The molecule has 0 N–H and O–H groups in total. The Morgan fingerprint density at radius 2 is 2.08 bits per heavy atom. The number of benzene rings is 1. The maximum atomic E-state index is 11.7. The lowest BCUT2D eigenvalue weighted by Crippen LogP contribution is -2.09. The van der Waals surface area contributed by atoms with Gasteiger partial charge in [0.05, 0.1) is 0 Å². The van der Waals surface area contributed by atoms with E-state index in [0.717, 1.165) is 9.13 Å². The molecule has 0 bridgehead atoms. The minimum atomic E-state index is 0.0204. The molecular formula is C10H10ClIO. The summed E-state index contributed by atoms with van der Waals surface area (Å²) in [6.45, 7) is 3.78. The number of rotatable bonds is 2. The van der Waals surface area contributed by atoms with Gasteiger partial charge >= 0.3 is 0 Å². The predicted molar refractivity (Wildman–Crippen MR) is 63.3 cm³/mol. The predicted octanol–water partition coefficient (Wildman–Crippen LogP) is 3.78. The molecule has 1 aromatic carbocycles. The van der Waals surface area contributed by atoms with Gasteiger partial charge in [0.25, 0.3) is 0 Å². The molecule has 0 aliphatic heterocycles. The summed E-state index contributed by atoms with van der Waals surface area (Å²) in [6, 6.07) is 5.38. The molecule has 0 saturated carbocycles. The van der Waals surface area contributed by atoms with Gasteiger partial charge in [-0.05, 0) is 40.8 Å². The van der Waals surface area contributed by atoms with Crippen LogP contribution >= 0.6 is 34.2 Å². The second kappa shape index (κ2) is 4.42. The summed E-state index contributed by atoms with van der Waals surface area (Å²) in [5.41, 5.74) is 0.725. The molecule has 0 radical (unpaired) electrons. The Morgan fingerprint density at radius 3 is 2.62 bits per heavy atom. The zero-order chi connectivity index (χ0) is 10.0. The van der Waals surface area contributed by atoms with Crippen LogP contribution < -0.4 is 0 Å². The van der Waals surface area contributed by atoms with Crippen LogP contribution in [0.4, 0.5) is 0 Å². The fourth-order valence-electron chi connectivity index (χ4n) is 0.997. The third-order valence-electron chi connectivity index (χ3n) is 1.72. The van der Waals surface area contributed by atoms with Crippen LogP contribution in [0.3, 0.4) is 0 Å². The lowest BCUT2D eigenvalue weighted by atomic mass is 10.0. The first-order valence-electron chi connectivity index (χ1n) is 4.01. The smallest absolute Gasteiger partial charge is 0.166 e. The van der Waals surface area contributed by atoms with Crippen LogP contribution in [0.2, 0.25) is 5.02 Å². The van der Waals surface area contributed by atoms with E-state index in [0.29, 0.717) is 5.02 Å². The first-order chi connectivity index (χ1) is 6.02. The van der Waals surface area contributed by atoms with Gasteiger partial charge in [-0.25, -0.2) is 0 Å². The highest BCUT2D eigenvalue weighted by molar-refractivity contribution is 14.1. The Morgan fingerprint density at radius 1 is 1.46 bits per heavy atom. The highest BCUT2D eigenvalue weighted by atomic mass is 127. The van der Waals surface area contributed by atoms with Crippen molar-refractivity contribution in [1.82, 2.24) is 0 Å². The van der Waals surface area contributed by atoms with Crippen molar-refractivity contribution in [2.75, 3.05) is 0 Å². The maximum Gasteiger partial charge on any atom is 0.166 e. The summed E-state index contributed by atoms with van der Waals surface area (Å²) < 4.78 is 0.959. The molecule has 70 valence electrons. The molecule has 1 aromatic rings. The van der Waals surface area contributed by atoms with Gasteiger partial charge in [0, 0.05) is 20.1 Å². The number of carbonyl (C=O) groups is 1. The van der Waals surface area contributed by atoms with Crippen molar-refractivity contribution in [3.8, 4) is 0 Å². The highest BCUT2D eigenvalue weighted by Crippen LogP contribution is 2.20. The summed E-state index contributed by atoms with van der Waals surface area (Å²) in [5.74, 6) is 0.166. The van der Waals surface area contributed by atoms with Gasteiger partial charge in [-0.1, -0.05) is 25.4 Å². The first-order valence-corrected chi connectivity index (χ1v) is 5.47. The summed E-state index contributed by atoms with van der Waals surface area (Å²) in [5, 5.41) is 0.615. The van der Waals surface area contributed by atoms with Crippen LogP contribution in [0, 0.1) is 9.49 Å². The summed E-state index contributed by atoms with van der Waals surface area (Å²) in [4.78, 5) is 11.7. The second-order valence-electron chi connectivity index (χ2n) is 3.14. The molecule has 0 aliphatic carbocycles. The Hall–Kier alpha value is -0.0900. The summed E-state index contributed by atoms with van der Waals surface area (Å²) in [7, 11) is 0. The van der Waals surface area contributed by atoms with Crippen molar-refractivity contribution in [2.45, 2.75) is 13.8 Å². The molecule has 0 aliphatic rings. The molecule has 0 saturated heterocycles. The number of halogens is 2. The Labute approximate surface area is 96.6 Å². The van der Waals surface area contributed by atoms with Gasteiger partial charge in [0.1, 0.15) is 0 Å². The van der Waals surface area contributed by atoms with E-state index < -0.39 is 0 Å². The Kier molecular flexibility index (Phi) is 3.74. The molecule has 0 unspecified atom stereocenters. The number of carbonyl (C=O) groups excluding carboxylic acids is 1. The maximum absolute atomic E-state index is 11.7. The van der Waals surface area contributed by atoms with E-state index in [1.165, 1.54) is 0 Å². The van der Waals surface area contributed by atoms with Crippen LogP contribution in [-0.2, 0) is 0 Å². The molecule has 1 rings (SSSR count). The van der Waals surface area contributed by atoms with Crippen LogP contribution in [0.25, 0.3) is 0 Å². The standard InChI is InChI=1S/C10H10ClIO/c1-6(2)10(13)8-5-7(11)3-4-9(8)12/h3-6H,1-2H3. The molecule has 1 nitrogen and oxygen atoms in total. The van der Waals surface area contributed by atoms with Crippen molar-refractivity contribution in [1.29, 1.82) is 0 Å². The van der Waals surface area contributed by atoms with Gasteiger partial charge in [-0.3, -0.25) is 4.79 Å². The Balaban J connectivity index is 3.13. The molecule has 0 amide bonds. The van der Waals surface area contributed by atoms with E-state index in [-0.39, 0.29) is 11.7 Å². The van der Waals surface area contributed by atoms with Crippen molar-refractivity contribution in [3.63, 3.8) is 0 Å². The number of hydrogen-bond acceptors (Lipinski definition) is 1. The molecule has 0 heterocycles. The SMILES string of the molecule is CC(C)C(=O)c1cc(Cl)ccc1I. The fourth-order valence-corrected chi connectivity index (χ4v) is 1.77. The zero-order valence-electron chi connectivity index (χ0n) is 7.47. The summed E-state index contributed by atoms with van der Waals surface area (Å²) in [6.07, 6.45) is 0. The molecule has 13 heavy (non-hydrogen) atoms. The van der Waals surface area contributed by atoms with Crippen molar-refractivity contribution in [3.05, 3.63) is 32.4 Å². The van der Waals surface area contributed by atoms with Crippen LogP contribution in [0.15, 0.2) is 18.2 Å². The van der Waals surface area contributed by atoms with Gasteiger partial charge in [-0.2, -0.15) is 0 Å². The molecule has 0 atom stereocenters. The van der Waals surface area contributed by atoms with Gasteiger partial charge < -0.3 is 0 Å². The van der Waals surface area contributed by atoms with Gasteiger partial charge in [0.2, 0.25) is 0 Å². The van der Waals surface area contributed by atoms with Gasteiger partial charge in [0.15, 0.2) is 5.78 Å². The van der Waals surface area contributed by atoms with Crippen molar-refractivity contribution >= 4 is 40.0 Å². The van der Waals surface area contributed by atoms with Crippen LogP contribution in [0.5, 0.6) is 0 Å². The van der Waals surface area contributed by atoms with E-state index in [1.807, 2.05) is 19.9 Å².